The predicted octanol–water partition coefficient (Wildman–Crippen LogP) is 6.11. The second kappa shape index (κ2) is 16.3. The van der Waals surface area contributed by atoms with Gasteiger partial charge in [-0.25, -0.2) is 9.59 Å². The van der Waals surface area contributed by atoms with E-state index in [0.717, 1.165) is 17.7 Å². The number of carbonyl (C=O) groups is 2. The summed E-state index contributed by atoms with van der Waals surface area (Å²) >= 11 is 6.16. The van der Waals surface area contributed by atoms with Crippen LogP contribution in [0, 0.1) is 0 Å². The molecular formula is C30H34ClNO7. The zero-order valence-corrected chi connectivity index (χ0v) is 22.7. The van der Waals surface area contributed by atoms with Gasteiger partial charge in [0.25, 0.3) is 0 Å². The van der Waals surface area contributed by atoms with E-state index in [1.807, 2.05) is 30.3 Å². The highest BCUT2D eigenvalue weighted by molar-refractivity contribution is 6.32. The van der Waals surface area contributed by atoms with Crippen molar-refractivity contribution < 1.29 is 33.6 Å². The number of unbranched alkanes of at least 4 members (excludes halogenated alkanes) is 1. The van der Waals surface area contributed by atoms with Gasteiger partial charge in [0.15, 0.2) is 11.9 Å². The van der Waals surface area contributed by atoms with E-state index in [0.29, 0.717) is 49.2 Å². The number of nitrogens with zero attached hydrogens (tertiary/aromatic N) is 1. The van der Waals surface area contributed by atoms with Gasteiger partial charge < -0.3 is 29.0 Å². The molecule has 1 atom stereocenters. The third-order valence-corrected chi connectivity index (χ3v) is 6.06. The van der Waals surface area contributed by atoms with E-state index in [-0.39, 0.29) is 13.0 Å². The monoisotopic (exact) mass is 555 g/mol. The molecule has 3 rings (SSSR count). The molecule has 0 heterocycles. The van der Waals surface area contributed by atoms with Crippen molar-refractivity contribution in [3.8, 4) is 17.2 Å². The first kappa shape index (κ1) is 29.8. The minimum Gasteiger partial charge on any atom is -0.494 e. The lowest BCUT2D eigenvalue weighted by atomic mass is 10.1. The van der Waals surface area contributed by atoms with Crippen LogP contribution in [-0.2, 0) is 16.0 Å². The Balaban J connectivity index is 1.51. The Labute approximate surface area is 234 Å². The number of ether oxygens (including phenoxy) is 4. The Morgan fingerprint density at radius 2 is 1.51 bits per heavy atom. The van der Waals surface area contributed by atoms with Crippen molar-refractivity contribution in [3.05, 3.63) is 89.4 Å². The fraction of sp³-hybridized carbons (Fsp3) is 0.333. The van der Waals surface area contributed by atoms with Gasteiger partial charge in [-0.3, -0.25) is 0 Å². The van der Waals surface area contributed by atoms with E-state index >= 15 is 0 Å². The van der Waals surface area contributed by atoms with Gasteiger partial charge in [-0.2, -0.15) is 0 Å². The number of amides is 1. The number of carboxylic acid groups (broad SMARTS) is 1. The molecule has 9 heteroatoms. The third-order valence-electron chi connectivity index (χ3n) is 5.74. The number of carboxylic acids is 1. The van der Waals surface area contributed by atoms with Crippen LogP contribution in [0.1, 0.15) is 25.3 Å². The Morgan fingerprint density at radius 3 is 2.21 bits per heavy atom. The van der Waals surface area contributed by atoms with E-state index < -0.39 is 18.2 Å². The average Bonchev–Trinajstić information content (AvgIpc) is 2.94. The molecule has 8 nitrogen and oxygen atoms in total. The van der Waals surface area contributed by atoms with Crippen molar-refractivity contribution in [2.24, 2.45) is 0 Å². The van der Waals surface area contributed by atoms with Crippen LogP contribution < -0.4 is 14.2 Å². The first-order valence-electron chi connectivity index (χ1n) is 12.9. The Morgan fingerprint density at radius 1 is 0.846 bits per heavy atom. The van der Waals surface area contributed by atoms with Crippen molar-refractivity contribution in [2.45, 2.75) is 32.3 Å². The molecule has 1 unspecified atom stereocenters. The number of carbonyl (C=O) groups excluding carboxylic acids is 1. The van der Waals surface area contributed by atoms with Crippen molar-refractivity contribution in [2.75, 3.05) is 32.9 Å². The molecule has 0 saturated carbocycles. The minimum atomic E-state index is -0.993. The largest absolute Gasteiger partial charge is 0.494 e. The number of hydrogen-bond donors (Lipinski definition) is 1. The molecule has 1 N–H and O–H groups in total. The summed E-state index contributed by atoms with van der Waals surface area (Å²) in [5.41, 5.74) is 0.825. The molecule has 208 valence electrons. The van der Waals surface area contributed by atoms with Crippen LogP contribution in [0.5, 0.6) is 17.2 Å². The molecule has 0 fully saturated rings. The van der Waals surface area contributed by atoms with Crippen LogP contribution >= 0.6 is 11.6 Å². The SMILES string of the molecule is CCOC(Cc1ccc(OCCN(CCCCOc2ccccc2)C(=O)Oc2ccccc2Cl)cc1)C(=O)O. The van der Waals surface area contributed by atoms with Crippen LogP contribution in [0.25, 0.3) is 0 Å². The highest BCUT2D eigenvalue weighted by Crippen LogP contribution is 2.24. The zero-order valence-electron chi connectivity index (χ0n) is 22.0. The van der Waals surface area contributed by atoms with E-state index in [1.54, 1.807) is 60.4 Å². The smallest absolute Gasteiger partial charge is 0.415 e. The Kier molecular flexibility index (Phi) is 12.4. The molecule has 0 aromatic heterocycles. The van der Waals surface area contributed by atoms with Gasteiger partial charge in [-0.15, -0.1) is 0 Å². The number of hydrogen-bond acceptors (Lipinski definition) is 6. The van der Waals surface area contributed by atoms with Crippen molar-refractivity contribution in [3.63, 3.8) is 0 Å². The topological polar surface area (TPSA) is 94.5 Å². The molecular weight excluding hydrogens is 522 g/mol. The third kappa shape index (κ3) is 10.5. The van der Waals surface area contributed by atoms with Gasteiger partial charge in [-0.1, -0.05) is 54.1 Å². The number of halogens is 1. The second-order valence-corrected chi connectivity index (χ2v) is 9.04. The number of benzene rings is 3. The summed E-state index contributed by atoms with van der Waals surface area (Å²) in [6.45, 7) is 3.63. The molecule has 0 spiro atoms. The first-order chi connectivity index (χ1) is 19.0. The summed E-state index contributed by atoms with van der Waals surface area (Å²) in [6, 6.07) is 23.6. The van der Waals surface area contributed by atoms with Gasteiger partial charge in [0.2, 0.25) is 0 Å². The maximum Gasteiger partial charge on any atom is 0.415 e. The standard InChI is InChI=1S/C30H34ClNO7/c1-2-36-28(29(33)34)22-23-14-16-25(17-15-23)38-21-19-32(30(35)39-27-13-7-6-12-26(27)31)18-8-9-20-37-24-10-4-3-5-11-24/h3-7,10-17,28H,2,8-9,18-22H2,1H3,(H,33,34). The number of rotatable bonds is 16. The summed E-state index contributed by atoms with van der Waals surface area (Å²) in [7, 11) is 0. The van der Waals surface area contributed by atoms with E-state index in [4.69, 9.17) is 30.5 Å². The summed E-state index contributed by atoms with van der Waals surface area (Å²) < 4.78 is 22.4. The molecule has 0 saturated heterocycles. The van der Waals surface area contributed by atoms with Crippen molar-refractivity contribution in [1.29, 1.82) is 0 Å². The average molecular weight is 556 g/mol. The normalized spacial score (nSPS) is 11.4. The molecule has 0 aliphatic rings. The lowest BCUT2D eigenvalue weighted by Crippen LogP contribution is -2.37. The molecule has 0 bridgehead atoms. The van der Waals surface area contributed by atoms with Crippen LogP contribution in [0.2, 0.25) is 5.02 Å². The molecule has 1 amide bonds. The van der Waals surface area contributed by atoms with Crippen LogP contribution in [0.15, 0.2) is 78.9 Å². The van der Waals surface area contributed by atoms with E-state index in [1.165, 1.54) is 0 Å². The summed E-state index contributed by atoms with van der Waals surface area (Å²) in [5.74, 6) is 0.721. The summed E-state index contributed by atoms with van der Waals surface area (Å²) in [5, 5.41) is 9.63. The predicted molar refractivity (Wildman–Crippen MR) is 149 cm³/mol. The van der Waals surface area contributed by atoms with Crippen LogP contribution in [-0.4, -0.2) is 61.1 Å². The fourth-order valence-corrected chi connectivity index (χ4v) is 3.89. The minimum absolute atomic E-state index is 0.244. The summed E-state index contributed by atoms with van der Waals surface area (Å²) in [6.07, 6.45) is 0.328. The van der Waals surface area contributed by atoms with Crippen LogP contribution in [0.3, 0.4) is 0 Å². The van der Waals surface area contributed by atoms with Crippen molar-refractivity contribution >= 4 is 23.7 Å². The van der Waals surface area contributed by atoms with Gasteiger partial charge in [0, 0.05) is 19.6 Å². The molecule has 3 aromatic rings. The Bertz CT molecular complexity index is 1160. The molecule has 0 radical (unpaired) electrons. The lowest BCUT2D eigenvalue weighted by Gasteiger charge is -2.22. The molecule has 3 aromatic carbocycles. The van der Waals surface area contributed by atoms with Gasteiger partial charge in [0.05, 0.1) is 18.2 Å². The molecule has 0 aliphatic carbocycles. The maximum absolute atomic E-state index is 12.9. The fourth-order valence-electron chi connectivity index (χ4n) is 3.72. The maximum atomic E-state index is 12.9. The quantitative estimate of drug-likeness (QED) is 0.213. The van der Waals surface area contributed by atoms with Gasteiger partial charge >= 0.3 is 12.1 Å². The van der Waals surface area contributed by atoms with Gasteiger partial charge in [-0.05, 0) is 61.7 Å². The molecule has 39 heavy (non-hydrogen) atoms. The highest BCUT2D eigenvalue weighted by atomic mass is 35.5. The summed E-state index contributed by atoms with van der Waals surface area (Å²) in [4.78, 5) is 25.9. The zero-order chi connectivity index (χ0) is 27.9. The number of para-hydroxylation sites is 2. The highest BCUT2D eigenvalue weighted by Gasteiger charge is 2.19. The first-order valence-corrected chi connectivity index (χ1v) is 13.3. The van der Waals surface area contributed by atoms with Crippen molar-refractivity contribution in [1.82, 2.24) is 4.90 Å². The van der Waals surface area contributed by atoms with Crippen LogP contribution in [0.4, 0.5) is 4.79 Å². The Hall–Kier alpha value is -3.75. The lowest BCUT2D eigenvalue weighted by molar-refractivity contribution is -0.149. The van der Waals surface area contributed by atoms with Gasteiger partial charge in [0.1, 0.15) is 18.1 Å². The molecule has 0 aliphatic heterocycles. The number of aliphatic carboxylic acids is 1. The van der Waals surface area contributed by atoms with E-state index in [9.17, 15) is 14.7 Å². The second-order valence-electron chi connectivity index (χ2n) is 8.63. The van der Waals surface area contributed by atoms with E-state index in [2.05, 4.69) is 0 Å².